The first-order valence-electron chi connectivity index (χ1n) is 3.88. The second-order valence-electron chi connectivity index (χ2n) is 2.79. The van der Waals surface area contributed by atoms with Gasteiger partial charge < -0.3 is 0 Å². The molecule has 0 spiro atoms. The smallest absolute Gasteiger partial charge is 0.244 e. The Bertz CT molecular complexity index is 393. The molecule has 0 aromatic carbocycles. The molecule has 0 atom stereocenters. The summed E-state index contributed by atoms with van der Waals surface area (Å²) in [5.41, 5.74) is -2.31. The summed E-state index contributed by atoms with van der Waals surface area (Å²) in [6.45, 7) is 0. The van der Waals surface area contributed by atoms with E-state index in [9.17, 15) is 22.0 Å². The third kappa shape index (κ3) is 2.82. The number of nitrogens with zero attached hydrogens (tertiary/aromatic N) is 1. The van der Waals surface area contributed by atoms with Crippen molar-refractivity contribution in [1.29, 1.82) is 0 Å². The molecule has 8 heteroatoms. The first-order valence-corrected chi connectivity index (χ1v) is 5.20. The predicted octanol–water partition coefficient (Wildman–Crippen LogP) is 4.54. The van der Waals surface area contributed by atoms with Gasteiger partial charge in [-0.3, -0.25) is 0 Å². The molecule has 0 bridgehead atoms. The fraction of sp³-hybridized carbons (Fsp3) is 0.375. The van der Waals surface area contributed by atoms with Crippen molar-refractivity contribution in [2.45, 2.75) is 18.5 Å². The molecular formula is C8H4BrClF5N. The minimum Gasteiger partial charge on any atom is -0.244 e. The van der Waals surface area contributed by atoms with E-state index in [-0.39, 0.29) is 11.6 Å². The standard InChI is InChI=1S/C8H4BrClF5N/c9-6-4(8(13,14)15)1-3(7(11)12)5(2-10)16-6/h1,7H,2H2. The van der Waals surface area contributed by atoms with E-state index in [1.807, 2.05) is 0 Å². The summed E-state index contributed by atoms with van der Waals surface area (Å²) in [4.78, 5) is 3.36. The Hall–Kier alpha value is -0.430. The average Bonchev–Trinajstić information content (AvgIpc) is 2.14. The van der Waals surface area contributed by atoms with E-state index in [4.69, 9.17) is 11.6 Å². The van der Waals surface area contributed by atoms with E-state index in [0.29, 0.717) is 6.07 Å². The Labute approximate surface area is 101 Å². The zero-order valence-electron chi connectivity index (χ0n) is 7.45. The highest BCUT2D eigenvalue weighted by Gasteiger charge is 2.35. The molecule has 0 saturated heterocycles. The molecule has 1 aromatic heterocycles. The maximum atomic E-state index is 12.4. The van der Waals surface area contributed by atoms with Crippen molar-refractivity contribution >= 4 is 27.5 Å². The number of hydrogen-bond donors (Lipinski definition) is 0. The van der Waals surface area contributed by atoms with Crippen LogP contribution in [-0.4, -0.2) is 4.98 Å². The van der Waals surface area contributed by atoms with Gasteiger partial charge in [-0.1, -0.05) is 0 Å². The molecule has 0 N–H and O–H groups in total. The van der Waals surface area contributed by atoms with Gasteiger partial charge in [0.2, 0.25) is 0 Å². The van der Waals surface area contributed by atoms with E-state index in [1.54, 1.807) is 0 Å². The Morgan fingerprint density at radius 1 is 1.38 bits per heavy atom. The average molecular weight is 324 g/mol. The number of pyridine rings is 1. The summed E-state index contributed by atoms with van der Waals surface area (Å²) in [5, 5.41) is 0. The largest absolute Gasteiger partial charge is 0.419 e. The quantitative estimate of drug-likeness (QED) is 0.442. The molecule has 0 aliphatic heterocycles. The lowest BCUT2D eigenvalue weighted by Gasteiger charge is -2.12. The van der Waals surface area contributed by atoms with Crippen LogP contribution in [0.5, 0.6) is 0 Å². The van der Waals surface area contributed by atoms with Crippen LogP contribution in [0.25, 0.3) is 0 Å². The van der Waals surface area contributed by atoms with E-state index in [2.05, 4.69) is 20.9 Å². The van der Waals surface area contributed by atoms with Crippen LogP contribution in [0.4, 0.5) is 22.0 Å². The molecule has 1 aromatic rings. The summed E-state index contributed by atoms with van der Waals surface area (Å²) < 4.78 is 61.5. The highest BCUT2D eigenvalue weighted by molar-refractivity contribution is 9.10. The topological polar surface area (TPSA) is 12.9 Å². The molecular weight excluding hydrogens is 320 g/mol. The summed E-state index contributed by atoms with van der Waals surface area (Å²) in [5.74, 6) is -0.379. The van der Waals surface area contributed by atoms with Crippen molar-refractivity contribution in [3.63, 3.8) is 0 Å². The van der Waals surface area contributed by atoms with Gasteiger partial charge in [0.25, 0.3) is 6.43 Å². The minimum atomic E-state index is -4.74. The van der Waals surface area contributed by atoms with E-state index in [0.717, 1.165) is 0 Å². The van der Waals surface area contributed by atoms with E-state index < -0.39 is 28.3 Å². The molecule has 0 radical (unpaired) electrons. The monoisotopic (exact) mass is 323 g/mol. The number of hydrogen-bond acceptors (Lipinski definition) is 1. The number of rotatable bonds is 2. The van der Waals surface area contributed by atoms with E-state index >= 15 is 0 Å². The van der Waals surface area contributed by atoms with Crippen molar-refractivity contribution in [2.75, 3.05) is 0 Å². The number of aromatic nitrogens is 1. The van der Waals surface area contributed by atoms with Crippen LogP contribution < -0.4 is 0 Å². The molecule has 0 saturated carbocycles. The Kier molecular flexibility index (Phi) is 4.12. The number of halogens is 7. The third-order valence-corrected chi connectivity index (χ3v) is 2.61. The SMILES string of the molecule is FC(F)c1cc(C(F)(F)F)c(Br)nc1CCl. The lowest BCUT2D eigenvalue weighted by Crippen LogP contribution is -2.10. The van der Waals surface area contributed by atoms with E-state index in [1.165, 1.54) is 0 Å². The van der Waals surface area contributed by atoms with Crippen LogP contribution in [0.2, 0.25) is 0 Å². The first-order chi connectivity index (χ1) is 7.27. The molecule has 0 aliphatic rings. The van der Waals surface area contributed by atoms with Crippen molar-refractivity contribution in [2.24, 2.45) is 0 Å². The fourth-order valence-corrected chi connectivity index (χ4v) is 1.80. The van der Waals surface area contributed by atoms with Crippen molar-refractivity contribution < 1.29 is 22.0 Å². The molecule has 0 unspecified atom stereocenters. The molecule has 0 aliphatic carbocycles. The summed E-state index contributed by atoms with van der Waals surface area (Å²) in [7, 11) is 0. The van der Waals surface area contributed by atoms with Crippen LogP contribution in [0.1, 0.15) is 23.2 Å². The van der Waals surface area contributed by atoms with Gasteiger partial charge in [0.1, 0.15) is 4.60 Å². The van der Waals surface area contributed by atoms with Gasteiger partial charge >= 0.3 is 6.18 Å². The second kappa shape index (κ2) is 4.83. The van der Waals surface area contributed by atoms with Crippen LogP contribution in [-0.2, 0) is 12.1 Å². The Morgan fingerprint density at radius 2 is 1.94 bits per heavy atom. The maximum absolute atomic E-state index is 12.4. The highest BCUT2D eigenvalue weighted by Crippen LogP contribution is 2.37. The van der Waals surface area contributed by atoms with Crippen molar-refractivity contribution in [3.05, 3.63) is 27.5 Å². The first kappa shape index (κ1) is 13.6. The second-order valence-corrected chi connectivity index (χ2v) is 3.81. The van der Waals surface area contributed by atoms with Gasteiger partial charge in [-0.25, -0.2) is 13.8 Å². The van der Waals surface area contributed by atoms with Crippen molar-refractivity contribution in [3.8, 4) is 0 Å². The van der Waals surface area contributed by atoms with Gasteiger partial charge in [-0.05, 0) is 22.0 Å². The van der Waals surface area contributed by atoms with Crippen molar-refractivity contribution in [1.82, 2.24) is 4.98 Å². The van der Waals surface area contributed by atoms with Crippen LogP contribution in [0.15, 0.2) is 10.7 Å². The van der Waals surface area contributed by atoms with Gasteiger partial charge in [-0.15, -0.1) is 11.6 Å². The van der Waals surface area contributed by atoms with Crippen LogP contribution in [0.3, 0.4) is 0 Å². The Morgan fingerprint density at radius 3 is 2.31 bits per heavy atom. The zero-order chi connectivity index (χ0) is 12.5. The molecule has 1 heterocycles. The van der Waals surface area contributed by atoms with Gasteiger partial charge in [0, 0.05) is 5.56 Å². The molecule has 0 amide bonds. The Balaban J connectivity index is 3.39. The molecule has 16 heavy (non-hydrogen) atoms. The van der Waals surface area contributed by atoms with Crippen LogP contribution in [0, 0.1) is 0 Å². The van der Waals surface area contributed by atoms with Crippen LogP contribution >= 0.6 is 27.5 Å². The normalized spacial score (nSPS) is 12.2. The molecule has 90 valence electrons. The summed E-state index contributed by atoms with van der Waals surface area (Å²) in [6.07, 6.45) is -7.78. The van der Waals surface area contributed by atoms with Gasteiger partial charge in [0.05, 0.1) is 17.1 Å². The zero-order valence-corrected chi connectivity index (χ0v) is 9.80. The molecule has 0 fully saturated rings. The maximum Gasteiger partial charge on any atom is 0.419 e. The lowest BCUT2D eigenvalue weighted by atomic mass is 10.1. The molecule has 1 nitrogen and oxygen atoms in total. The lowest BCUT2D eigenvalue weighted by molar-refractivity contribution is -0.138. The number of alkyl halides is 6. The summed E-state index contributed by atoms with van der Waals surface area (Å²) >= 11 is 7.89. The van der Waals surface area contributed by atoms with Gasteiger partial charge in [0.15, 0.2) is 0 Å². The molecule has 1 rings (SSSR count). The highest BCUT2D eigenvalue weighted by atomic mass is 79.9. The third-order valence-electron chi connectivity index (χ3n) is 1.76. The van der Waals surface area contributed by atoms with Gasteiger partial charge in [-0.2, -0.15) is 13.2 Å². The minimum absolute atomic E-state index is 0.267. The fourth-order valence-electron chi connectivity index (χ4n) is 1.04. The summed E-state index contributed by atoms with van der Waals surface area (Å²) in [6, 6.07) is 0.361. The predicted molar refractivity (Wildman–Crippen MR) is 51.5 cm³/mol.